The maximum Gasteiger partial charge on any atom is 0.326 e. The number of hydrogen-bond acceptors (Lipinski definition) is 12. The first-order valence-electron chi connectivity index (χ1n) is 24.4. The molecule has 13 N–H and O–H groups in total. The molecule has 22 heteroatoms. The molecule has 8 amide bonds. The molecule has 22 nitrogen and oxygen atoms in total. The zero-order valence-electron chi connectivity index (χ0n) is 43.3. The van der Waals surface area contributed by atoms with E-state index in [4.69, 9.17) is 5.73 Å². The highest BCUT2D eigenvalue weighted by molar-refractivity contribution is 5.99. The highest BCUT2D eigenvalue weighted by Gasteiger charge is 2.38. The van der Waals surface area contributed by atoms with E-state index in [-0.39, 0.29) is 24.7 Å². The van der Waals surface area contributed by atoms with Crippen molar-refractivity contribution in [2.75, 3.05) is 0 Å². The van der Waals surface area contributed by atoms with Crippen LogP contribution in [0.4, 0.5) is 0 Å². The molecule has 0 unspecified atom stereocenters. The molecule has 0 aliphatic carbocycles. The number of carbonyl (C=O) groups excluding carboxylic acids is 8. The number of carbonyl (C=O) groups is 10. The lowest BCUT2D eigenvalue weighted by Crippen LogP contribution is -2.62. The van der Waals surface area contributed by atoms with Crippen molar-refractivity contribution in [1.82, 2.24) is 42.5 Å². The maximum absolute atomic E-state index is 13.9. The number of benzene rings is 1. The molecule has 0 fully saturated rings. The predicted molar refractivity (Wildman–Crippen MR) is 263 cm³/mol. The quantitative estimate of drug-likeness (QED) is 0.0474. The number of rotatable bonds is 31. The Bertz CT molecular complexity index is 1970. The van der Waals surface area contributed by atoms with Gasteiger partial charge in [-0.15, -0.1) is 0 Å². The Morgan fingerprint density at radius 2 is 0.915 bits per heavy atom. The number of carboxylic acid groups (broad SMARTS) is 2. The average Bonchev–Trinajstić information content (AvgIpc) is 3.30. The van der Waals surface area contributed by atoms with E-state index in [1.807, 2.05) is 13.8 Å². The first-order valence-corrected chi connectivity index (χ1v) is 24.4. The van der Waals surface area contributed by atoms with Crippen LogP contribution in [-0.2, 0) is 54.4 Å². The van der Waals surface area contributed by atoms with Crippen LogP contribution in [-0.4, -0.2) is 135 Å². The molecule has 0 aliphatic rings. The lowest BCUT2D eigenvalue weighted by atomic mass is 9.94. The number of nitrogens with one attached hydrogen (secondary N) is 8. The van der Waals surface area contributed by atoms with Crippen molar-refractivity contribution in [1.29, 1.82) is 0 Å². The molecule has 1 aromatic carbocycles. The van der Waals surface area contributed by atoms with Crippen LogP contribution in [0, 0.1) is 29.6 Å². The van der Waals surface area contributed by atoms with Gasteiger partial charge in [-0.05, 0) is 55.4 Å². The molecule has 0 radical (unpaired) electrons. The Morgan fingerprint density at radius 3 is 1.37 bits per heavy atom. The summed E-state index contributed by atoms with van der Waals surface area (Å²) < 4.78 is 0. The van der Waals surface area contributed by atoms with E-state index in [9.17, 15) is 63.3 Å². The molecule has 0 aliphatic heterocycles. The molecule has 0 saturated carbocycles. The zero-order chi connectivity index (χ0) is 54.4. The van der Waals surface area contributed by atoms with Gasteiger partial charge in [-0.3, -0.25) is 43.2 Å². The minimum Gasteiger partial charge on any atom is -0.481 e. The largest absolute Gasteiger partial charge is 0.481 e. The second-order valence-corrected chi connectivity index (χ2v) is 19.3. The van der Waals surface area contributed by atoms with Gasteiger partial charge in [-0.1, -0.05) is 119 Å². The molecule has 1 aromatic rings. The molecule has 400 valence electrons. The van der Waals surface area contributed by atoms with Crippen molar-refractivity contribution in [2.45, 2.75) is 182 Å². The summed E-state index contributed by atoms with van der Waals surface area (Å²) >= 11 is 0. The summed E-state index contributed by atoms with van der Waals surface area (Å²) in [7, 11) is 0. The smallest absolute Gasteiger partial charge is 0.326 e. The molecule has 0 aromatic heterocycles. The zero-order valence-corrected chi connectivity index (χ0v) is 43.3. The van der Waals surface area contributed by atoms with Crippen LogP contribution in [0.15, 0.2) is 30.3 Å². The first-order chi connectivity index (χ1) is 33.1. The molecule has 0 bridgehead atoms. The Morgan fingerprint density at radius 1 is 0.493 bits per heavy atom. The summed E-state index contributed by atoms with van der Waals surface area (Å²) in [5.41, 5.74) is 6.77. The van der Waals surface area contributed by atoms with Gasteiger partial charge in [0.15, 0.2) is 0 Å². The molecule has 71 heavy (non-hydrogen) atoms. The van der Waals surface area contributed by atoms with Crippen LogP contribution in [0.5, 0.6) is 0 Å². The SMILES string of the molecule is CC[C@H](C)[C@H](N)C(=O)N[C@H](C(=O)N[C@@H](CC(C)C)C(=O)N[C@@H](CC(=O)O)C(=O)N[C@H](C(=O)N[C@@H](C)C(=O)N[C@H](C(=O)N[C@@H](Cc1ccccc1)C(=O)N[C@H](C(=O)O)C(C)C)[C@@H](C)CC)[C@@H](C)O)[C@@H](C)CC. The Kier molecular flexibility index (Phi) is 27.0. The molecular formula is C49H81N9O13. The van der Waals surface area contributed by atoms with Crippen LogP contribution in [0.3, 0.4) is 0 Å². The van der Waals surface area contributed by atoms with Crippen molar-refractivity contribution >= 4 is 59.2 Å². The molecule has 1 rings (SSSR count). The van der Waals surface area contributed by atoms with Gasteiger partial charge in [0.1, 0.15) is 48.3 Å². The van der Waals surface area contributed by atoms with Crippen molar-refractivity contribution in [2.24, 2.45) is 35.3 Å². The Labute approximate surface area is 417 Å². The number of amides is 8. The van der Waals surface area contributed by atoms with Gasteiger partial charge >= 0.3 is 11.9 Å². The minimum atomic E-state index is -1.84. The number of aliphatic hydroxyl groups is 1. The topological polar surface area (TPSA) is 354 Å². The number of aliphatic carboxylic acids is 2. The number of carboxylic acids is 2. The van der Waals surface area contributed by atoms with Crippen molar-refractivity contribution in [3.05, 3.63) is 35.9 Å². The van der Waals surface area contributed by atoms with E-state index in [2.05, 4.69) is 42.5 Å². The third-order valence-electron chi connectivity index (χ3n) is 12.5. The van der Waals surface area contributed by atoms with E-state index >= 15 is 0 Å². The third kappa shape index (κ3) is 21.0. The third-order valence-corrected chi connectivity index (χ3v) is 12.5. The van der Waals surface area contributed by atoms with E-state index in [1.165, 1.54) is 6.92 Å². The van der Waals surface area contributed by atoms with Gasteiger partial charge < -0.3 is 63.6 Å². The van der Waals surface area contributed by atoms with Gasteiger partial charge in [0.2, 0.25) is 47.3 Å². The molecule has 13 atom stereocenters. The maximum atomic E-state index is 13.9. The number of nitrogens with two attached hydrogens (primary N) is 1. The Balaban J connectivity index is 3.32. The van der Waals surface area contributed by atoms with Gasteiger partial charge in [0, 0.05) is 6.42 Å². The predicted octanol–water partition coefficient (Wildman–Crippen LogP) is 0.235. The highest BCUT2D eigenvalue weighted by Crippen LogP contribution is 2.15. The first kappa shape index (κ1) is 62.9. The monoisotopic (exact) mass is 1000 g/mol. The summed E-state index contributed by atoms with van der Waals surface area (Å²) in [6.45, 7) is 19.8. The molecule has 0 spiro atoms. The van der Waals surface area contributed by atoms with E-state index in [0.717, 1.165) is 6.92 Å². The van der Waals surface area contributed by atoms with Crippen molar-refractivity contribution in [3.63, 3.8) is 0 Å². The van der Waals surface area contributed by atoms with Crippen LogP contribution in [0.25, 0.3) is 0 Å². The summed E-state index contributed by atoms with van der Waals surface area (Å²) in [5, 5.41) is 50.2. The number of aliphatic hydroxyl groups excluding tert-OH is 1. The molecule has 0 saturated heterocycles. The van der Waals surface area contributed by atoms with E-state index in [1.54, 1.807) is 85.7 Å². The summed E-state index contributed by atoms with van der Waals surface area (Å²) in [5.74, 6) is -11.6. The van der Waals surface area contributed by atoms with Gasteiger partial charge in [-0.25, -0.2) is 4.79 Å². The fourth-order valence-electron chi connectivity index (χ4n) is 7.18. The fraction of sp³-hybridized carbons (Fsp3) is 0.673. The van der Waals surface area contributed by atoms with Gasteiger partial charge in [0.25, 0.3) is 0 Å². The minimum absolute atomic E-state index is 0.0244. The number of hydrogen-bond donors (Lipinski definition) is 12. The van der Waals surface area contributed by atoms with Gasteiger partial charge in [0.05, 0.1) is 18.6 Å². The van der Waals surface area contributed by atoms with Crippen LogP contribution < -0.4 is 48.3 Å². The second-order valence-electron chi connectivity index (χ2n) is 19.3. The standard InChI is InChI=1S/C49H81N9O13/c1-13-26(8)36(50)45(66)57-39(28(10)15-3)47(68)53-32(21-24(4)5)42(63)52-34(23-35(60)61)44(65)58-40(30(12)59)48(69)51-29(11)41(62)56-38(27(9)14-2)46(67)54-33(22-31-19-17-16-18-20-31)43(64)55-37(25(6)7)49(70)71/h16-20,24-30,32-34,36-40,59H,13-15,21-23,50H2,1-12H3,(H,51,69)(H,52,63)(H,53,68)(H,54,67)(H,55,64)(H,56,62)(H,57,66)(H,58,65)(H,60,61)(H,70,71)/t26-,27-,28-,29-,30+,32-,33-,34-,36-,37-,38-,39-,40-/m0/s1. The van der Waals surface area contributed by atoms with E-state index in [0.29, 0.717) is 24.8 Å². The van der Waals surface area contributed by atoms with Crippen LogP contribution in [0.1, 0.15) is 121 Å². The summed E-state index contributed by atoms with van der Waals surface area (Å²) in [6, 6.07) is -3.56. The van der Waals surface area contributed by atoms with Crippen molar-refractivity contribution < 1.29 is 63.3 Å². The van der Waals surface area contributed by atoms with Crippen LogP contribution >= 0.6 is 0 Å². The average molecular weight is 1000 g/mol. The summed E-state index contributed by atoms with van der Waals surface area (Å²) in [6.07, 6.45) is -1.20. The van der Waals surface area contributed by atoms with Crippen molar-refractivity contribution in [3.8, 4) is 0 Å². The van der Waals surface area contributed by atoms with E-state index < -0.39 is 144 Å². The second kappa shape index (κ2) is 30.5. The molecule has 0 heterocycles. The summed E-state index contributed by atoms with van der Waals surface area (Å²) in [4.78, 5) is 133. The lowest BCUT2D eigenvalue weighted by Gasteiger charge is -2.30. The van der Waals surface area contributed by atoms with Crippen LogP contribution in [0.2, 0.25) is 0 Å². The fourth-order valence-corrected chi connectivity index (χ4v) is 7.18. The van der Waals surface area contributed by atoms with Gasteiger partial charge in [-0.2, -0.15) is 0 Å². The normalized spacial score (nSPS) is 16.8. The highest BCUT2D eigenvalue weighted by atomic mass is 16.4. The molecular weight excluding hydrogens is 923 g/mol. The Hall–Kier alpha value is -6.16. The lowest BCUT2D eigenvalue weighted by molar-refractivity contribution is -0.143.